The van der Waals surface area contributed by atoms with Crippen LogP contribution in [0.15, 0.2) is 35.5 Å². The molecule has 4 N–H and O–H groups in total. The highest BCUT2D eigenvalue weighted by atomic mass is 16.7. The fraction of sp³-hybridized carbons (Fsp3) is 0.308. The van der Waals surface area contributed by atoms with Gasteiger partial charge in [0.15, 0.2) is 17.7 Å². The molecule has 1 aromatic rings. The lowest BCUT2D eigenvalue weighted by atomic mass is 10.0. The van der Waals surface area contributed by atoms with Crippen LogP contribution in [-0.4, -0.2) is 42.7 Å². The maximum atomic E-state index is 11.7. The van der Waals surface area contributed by atoms with Gasteiger partial charge in [0.2, 0.25) is 7.85 Å². The van der Waals surface area contributed by atoms with E-state index in [1.165, 1.54) is 7.85 Å². The monoisotopic (exact) mass is 291 g/mol. The maximum Gasteiger partial charge on any atom is 0.365 e. The third kappa shape index (κ3) is 5.27. The van der Waals surface area contributed by atoms with Gasteiger partial charge in [-0.1, -0.05) is 42.4 Å². The van der Waals surface area contributed by atoms with Crippen molar-refractivity contribution in [3.8, 4) is 0 Å². The first kappa shape index (κ1) is 16.7. The van der Waals surface area contributed by atoms with E-state index in [1.807, 2.05) is 6.07 Å². The highest BCUT2D eigenvalue weighted by Crippen LogP contribution is 2.03. The Labute approximate surface area is 123 Å². The molecule has 0 aliphatic carbocycles. The summed E-state index contributed by atoms with van der Waals surface area (Å²) in [7, 11) is 1.30. The molecule has 0 spiro atoms. The molecule has 112 valence electrons. The van der Waals surface area contributed by atoms with Crippen LogP contribution in [0.4, 0.5) is 4.79 Å². The zero-order valence-electron chi connectivity index (χ0n) is 11.9. The molecule has 0 fully saturated rings. The van der Waals surface area contributed by atoms with E-state index < -0.39 is 18.1 Å². The van der Waals surface area contributed by atoms with Crippen molar-refractivity contribution < 1.29 is 19.5 Å². The van der Waals surface area contributed by atoms with Gasteiger partial charge in [-0.05, 0) is 6.42 Å². The standard InChI is InChI=1S/C13H18BN3O4/c1-2-9(16-13(14)20)10(18)12(19)21-17-11(15)8-6-4-3-5-7-8/h3-7,9-10,18H,2,14H2,1H3,(H2,15,17)(H,16,20)/t9-,10?/m0/s1. The minimum atomic E-state index is -1.51. The van der Waals surface area contributed by atoms with Gasteiger partial charge in [0.05, 0.1) is 6.04 Å². The van der Waals surface area contributed by atoms with Crippen LogP contribution in [0, 0.1) is 0 Å². The number of amidine groups is 1. The van der Waals surface area contributed by atoms with E-state index in [9.17, 15) is 14.7 Å². The molecule has 0 heterocycles. The number of hydrogen-bond acceptors (Lipinski definition) is 5. The van der Waals surface area contributed by atoms with E-state index in [1.54, 1.807) is 31.2 Å². The van der Waals surface area contributed by atoms with E-state index in [0.29, 0.717) is 12.0 Å². The third-order valence-corrected chi connectivity index (χ3v) is 2.75. The van der Waals surface area contributed by atoms with Gasteiger partial charge in [0, 0.05) is 5.56 Å². The summed E-state index contributed by atoms with van der Waals surface area (Å²) < 4.78 is 0. The summed E-state index contributed by atoms with van der Waals surface area (Å²) >= 11 is 0. The number of nitrogens with zero attached hydrogens (tertiary/aromatic N) is 1. The number of amides is 1. The van der Waals surface area contributed by atoms with Crippen LogP contribution in [0.5, 0.6) is 0 Å². The summed E-state index contributed by atoms with van der Waals surface area (Å²) in [6, 6.07) is 8.01. The summed E-state index contributed by atoms with van der Waals surface area (Å²) in [5, 5.41) is 15.8. The lowest BCUT2D eigenvalue weighted by molar-refractivity contribution is -0.155. The molecule has 0 aliphatic rings. The molecule has 8 heteroatoms. The van der Waals surface area contributed by atoms with Crippen LogP contribution in [0.3, 0.4) is 0 Å². The zero-order chi connectivity index (χ0) is 15.8. The molecule has 0 aliphatic heterocycles. The number of nitrogens with two attached hydrogens (primary N) is 1. The fourth-order valence-electron chi connectivity index (χ4n) is 1.64. The Morgan fingerprint density at radius 2 is 2.05 bits per heavy atom. The minimum absolute atomic E-state index is 0.0173. The molecule has 1 rings (SSSR count). The Kier molecular flexibility index (Phi) is 6.41. The second-order valence-corrected chi connectivity index (χ2v) is 4.41. The second kappa shape index (κ2) is 8.06. The van der Waals surface area contributed by atoms with Crippen molar-refractivity contribution in [3.05, 3.63) is 35.9 Å². The van der Waals surface area contributed by atoms with E-state index in [4.69, 9.17) is 5.73 Å². The first-order chi connectivity index (χ1) is 9.95. The number of carbonyl (C=O) groups excluding carboxylic acids is 2. The van der Waals surface area contributed by atoms with Crippen molar-refractivity contribution in [2.75, 3.05) is 0 Å². The number of carbonyl (C=O) groups is 2. The maximum absolute atomic E-state index is 11.7. The van der Waals surface area contributed by atoms with Gasteiger partial charge in [-0.15, -0.1) is 0 Å². The molecule has 1 unspecified atom stereocenters. The van der Waals surface area contributed by atoms with Gasteiger partial charge >= 0.3 is 5.97 Å². The molecule has 0 aromatic heterocycles. The molecule has 0 bridgehead atoms. The zero-order valence-corrected chi connectivity index (χ0v) is 11.9. The molecular weight excluding hydrogens is 273 g/mol. The Morgan fingerprint density at radius 3 is 2.57 bits per heavy atom. The van der Waals surface area contributed by atoms with Gasteiger partial charge in [0.25, 0.3) is 0 Å². The summed E-state index contributed by atoms with van der Waals surface area (Å²) in [5.74, 6) is -1.31. The van der Waals surface area contributed by atoms with Gasteiger partial charge < -0.3 is 21.0 Å². The summed E-state index contributed by atoms with van der Waals surface area (Å²) in [4.78, 5) is 27.3. The predicted molar refractivity (Wildman–Crippen MR) is 80.4 cm³/mol. The molecule has 2 atom stereocenters. The Hall–Kier alpha value is -2.35. The van der Waals surface area contributed by atoms with Crippen molar-refractivity contribution in [1.29, 1.82) is 0 Å². The van der Waals surface area contributed by atoms with Crippen LogP contribution in [0.25, 0.3) is 0 Å². The van der Waals surface area contributed by atoms with Gasteiger partial charge in [-0.3, -0.25) is 4.79 Å². The van der Waals surface area contributed by atoms with Crippen LogP contribution in [0.1, 0.15) is 18.9 Å². The second-order valence-electron chi connectivity index (χ2n) is 4.41. The minimum Gasteiger partial charge on any atom is -0.380 e. The van der Waals surface area contributed by atoms with Crippen molar-refractivity contribution in [1.82, 2.24) is 5.32 Å². The lowest BCUT2D eigenvalue weighted by Gasteiger charge is -2.19. The Bertz CT molecular complexity index is 521. The molecule has 0 saturated carbocycles. The summed E-state index contributed by atoms with van der Waals surface area (Å²) in [6.07, 6.45) is -1.14. The van der Waals surface area contributed by atoms with Gasteiger partial charge in [-0.2, -0.15) is 0 Å². The number of benzene rings is 1. The summed E-state index contributed by atoms with van der Waals surface area (Å²) in [6.45, 7) is 1.72. The van der Waals surface area contributed by atoms with Crippen LogP contribution in [-0.2, 0) is 9.63 Å². The third-order valence-electron chi connectivity index (χ3n) is 2.75. The number of aliphatic hydroxyl groups excluding tert-OH is 1. The molecular formula is C13H18BN3O4. The fourth-order valence-corrected chi connectivity index (χ4v) is 1.64. The average molecular weight is 291 g/mol. The Morgan fingerprint density at radius 1 is 1.43 bits per heavy atom. The Balaban J connectivity index is 2.65. The largest absolute Gasteiger partial charge is 0.380 e. The van der Waals surface area contributed by atoms with Crippen molar-refractivity contribution in [2.45, 2.75) is 25.5 Å². The van der Waals surface area contributed by atoms with Crippen molar-refractivity contribution in [3.63, 3.8) is 0 Å². The number of oxime groups is 1. The number of rotatable bonds is 6. The molecule has 21 heavy (non-hydrogen) atoms. The molecule has 1 aromatic carbocycles. The summed E-state index contributed by atoms with van der Waals surface area (Å²) in [5.41, 5.74) is 6.25. The first-order valence-electron chi connectivity index (χ1n) is 6.50. The molecule has 0 saturated heterocycles. The van der Waals surface area contributed by atoms with Crippen LogP contribution < -0.4 is 11.1 Å². The van der Waals surface area contributed by atoms with Crippen molar-refractivity contribution in [2.24, 2.45) is 10.9 Å². The van der Waals surface area contributed by atoms with Gasteiger partial charge in [0.1, 0.15) is 0 Å². The van der Waals surface area contributed by atoms with Crippen LogP contribution >= 0.6 is 0 Å². The number of hydrogen-bond donors (Lipinski definition) is 3. The van der Waals surface area contributed by atoms with Gasteiger partial charge in [-0.25, -0.2) is 4.79 Å². The topological polar surface area (TPSA) is 114 Å². The van der Waals surface area contributed by atoms with Crippen molar-refractivity contribution >= 4 is 25.5 Å². The lowest BCUT2D eigenvalue weighted by Crippen LogP contribution is -2.46. The molecule has 0 radical (unpaired) electrons. The predicted octanol–water partition coefficient (Wildman–Crippen LogP) is -0.668. The quantitative estimate of drug-likeness (QED) is 0.211. The number of aliphatic hydroxyl groups is 1. The number of nitrogens with one attached hydrogen (secondary N) is 1. The SMILES string of the molecule is BC(=O)N[C@@H](CC)C(O)C(=O)O/N=C(\N)c1ccccc1. The normalized spacial score (nSPS) is 14.1. The molecule has 7 nitrogen and oxygen atoms in total. The van der Waals surface area contributed by atoms with Crippen LogP contribution in [0.2, 0.25) is 0 Å². The average Bonchev–Trinajstić information content (AvgIpc) is 2.49. The first-order valence-corrected chi connectivity index (χ1v) is 6.50. The molecule has 1 amide bonds. The highest BCUT2D eigenvalue weighted by molar-refractivity contribution is 6.57. The van der Waals surface area contributed by atoms with E-state index >= 15 is 0 Å². The van der Waals surface area contributed by atoms with E-state index in [-0.39, 0.29) is 11.6 Å². The smallest absolute Gasteiger partial charge is 0.365 e. The highest BCUT2D eigenvalue weighted by Gasteiger charge is 2.27. The van der Waals surface area contributed by atoms with E-state index in [2.05, 4.69) is 15.3 Å². The van der Waals surface area contributed by atoms with E-state index in [0.717, 1.165) is 0 Å².